The lowest BCUT2D eigenvalue weighted by molar-refractivity contribution is 0.234. The average Bonchev–Trinajstić information content (AvgIpc) is 3.42. The molecule has 0 saturated carbocycles. The second kappa shape index (κ2) is 9.69. The van der Waals surface area contributed by atoms with Crippen LogP contribution in [0.3, 0.4) is 0 Å². The Morgan fingerprint density at radius 3 is 2.30 bits per heavy atom. The summed E-state index contributed by atoms with van der Waals surface area (Å²) in [6.45, 7) is 2.28. The lowest BCUT2D eigenvalue weighted by atomic mass is 10.0. The second-order valence-electron chi connectivity index (χ2n) is 8.66. The van der Waals surface area contributed by atoms with Gasteiger partial charge in [-0.15, -0.1) is 0 Å². The van der Waals surface area contributed by atoms with Gasteiger partial charge in [0.1, 0.15) is 11.6 Å². The molecule has 3 atom stereocenters. The zero-order valence-electron chi connectivity index (χ0n) is 18.5. The number of methoxy groups -OCH3 is 1. The summed E-state index contributed by atoms with van der Waals surface area (Å²) >= 11 is 0. The lowest BCUT2D eigenvalue weighted by Crippen LogP contribution is -2.46. The largest absolute Gasteiger partial charge is 0.497 e. The van der Waals surface area contributed by atoms with Crippen LogP contribution in [0, 0.1) is 5.82 Å². The maximum Gasteiger partial charge on any atom is 0.183 e. The summed E-state index contributed by atoms with van der Waals surface area (Å²) in [7, 11) is -5.88. The molecule has 0 aliphatic carbocycles. The molecule has 2 fully saturated rings. The third kappa shape index (κ3) is 5.40. The first-order valence-electron chi connectivity index (χ1n) is 11.0. The highest BCUT2D eigenvalue weighted by Gasteiger charge is 2.46. The zero-order valence-corrected chi connectivity index (χ0v) is 20.1. The Balaban J connectivity index is 1.57. The van der Waals surface area contributed by atoms with E-state index in [1.807, 2.05) is 24.3 Å². The van der Waals surface area contributed by atoms with E-state index in [9.17, 15) is 21.2 Å². The minimum absolute atomic E-state index is 0.0177. The predicted molar refractivity (Wildman–Crippen MR) is 124 cm³/mol. The molecule has 10 heteroatoms. The fourth-order valence-corrected chi connectivity index (χ4v) is 9.43. The molecule has 1 unspecified atom stereocenters. The first-order chi connectivity index (χ1) is 15.7. The van der Waals surface area contributed by atoms with E-state index >= 15 is 0 Å². The van der Waals surface area contributed by atoms with Gasteiger partial charge in [-0.1, -0.05) is 12.1 Å². The van der Waals surface area contributed by atoms with Crippen molar-refractivity contribution in [2.45, 2.75) is 35.1 Å². The van der Waals surface area contributed by atoms with Crippen LogP contribution in [0.25, 0.3) is 0 Å². The summed E-state index contributed by atoms with van der Waals surface area (Å²) in [5.41, 5.74) is 1.06. The first kappa shape index (κ1) is 24.1. The van der Waals surface area contributed by atoms with E-state index in [1.54, 1.807) is 7.11 Å². The monoisotopic (exact) mass is 496 g/mol. The summed E-state index contributed by atoms with van der Waals surface area (Å²) in [4.78, 5) is 2.27. The molecule has 0 bridgehead atoms. The van der Waals surface area contributed by atoms with Crippen molar-refractivity contribution >= 4 is 19.7 Å². The molecule has 180 valence electrons. The molecular weight excluding hydrogens is 467 g/mol. The molecule has 2 aliphatic heterocycles. The van der Waals surface area contributed by atoms with Gasteiger partial charge in [-0.3, -0.25) is 4.90 Å². The molecule has 2 aromatic carbocycles. The van der Waals surface area contributed by atoms with Gasteiger partial charge in [-0.05, 0) is 67.9 Å². The normalized spacial score (nSPS) is 24.1. The zero-order chi connectivity index (χ0) is 23.6. The van der Waals surface area contributed by atoms with E-state index in [4.69, 9.17) is 4.74 Å². The van der Waals surface area contributed by atoms with Gasteiger partial charge in [0.2, 0.25) is 0 Å². The minimum atomic E-state index is -3.95. The standard InChI is InChI=1S/C23H29FN2O5S2/c1-31-19-8-4-17(5-9-19)22(26-12-2-3-13-26)14-25-21-15-32(27,28)16-23(21)33(29,30)20-10-6-18(24)7-11-20/h4-11,21-23,25H,2-3,12-16H2,1H3/t21-,22?,23-/m0/s1. The number of sulfone groups is 2. The number of likely N-dealkylation sites (tertiary alicyclic amines) is 1. The van der Waals surface area contributed by atoms with Crippen LogP contribution in [-0.4, -0.2) is 71.3 Å². The van der Waals surface area contributed by atoms with Gasteiger partial charge in [0.05, 0.1) is 28.8 Å². The Hall–Kier alpha value is -2.01. The van der Waals surface area contributed by atoms with E-state index < -0.39 is 42.5 Å². The van der Waals surface area contributed by atoms with E-state index in [-0.39, 0.29) is 16.7 Å². The first-order valence-corrected chi connectivity index (χ1v) is 14.4. The van der Waals surface area contributed by atoms with Crippen molar-refractivity contribution in [2.75, 3.05) is 38.2 Å². The van der Waals surface area contributed by atoms with Crippen LogP contribution in [0.1, 0.15) is 24.4 Å². The van der Waals surface area contributed by atoms with Crippen LogP contribution in [0.15, 0.2) is 53.4 Å². The fraction of sp³-hybridized carbons (Fsp3) is 0.478. The van der Waals surface area contributed by atoms with Gasteiger partial charge < -0.3 is 10.1 Å². The summed E-state index contributed by atoms with van der Waals surface area (Å²) < 4.78 is 69.9. The van der Waals surface area contributed by atoms with Crippen LogP contribution >= 0.6 is 0 Å². The third-order valence-electron chi connectivity index (χ3n) is 6.50. The van der Waals surface area contributed by atoms with Crippen molar-refractivity contribution in [1.82, 2.24) is 10.2 Å². The van der Waals surface area contributed by atoms with Crippen molar-refractivity contribution < 1.29 is 26.0 Å². The molecule has 1 N–H and O–H groups in total. The van der Waals surface area contributed by atoms with Crippen molar-refractivity contribution in [3.8, 4) is 5.75 Å². The lowest BCUT2D eigenvalue weighted by Gasteiger charge is -2.30. The van der Waals surface area contributed by atoms with Crippen molar-refractivity contribution in [2.24, 2.45) is 0 Å². The molecule has 0 amide bonds. The molecule has 0 spiro atoms. The number of benzene rings is 2. The molecule has 7 nitrogen and oxygen atoms in total. The van der Waals surface area contributed by atoms with E-state index in [0.29, 0.717) is 6.54 Å². The topological polar surface area (TPSA) is 92.8 Å². The Morgan fingerprint density at radius 2 is 1.70 bits per heavy atom. The molecule has 4 rings (SSSR count). The van der Waals surface area contributed by atoms with Crippen molar-refractivity contribution in [1.29, 1.82) is 0 Å². The number of nitrogens with zero attached hydrogens (tertiary/aromatic N) is 1. The van der Waals surface area contributed by atoms with Gasteiger partial charge in [0, 0.05) is 18.6 Å². The van der Waals surface area contributed by atoms with E-state index in [0.717, 1.165) is 49.4 Å². The van der Waals surface area contributed by atoms with Gasteiger partial charge >= 0.3 is 0 Å². The van der Waals surface area contributed by atoms with Gasteiger partial charge in [0.25, 0.3) is 0 Å². The molecule has 0 radical (unpaired) electrons. The molecule has 2 aliphatic rings. The molecular formula is C23H29FN2O5S2. The molecule has 2 heterocycles. The Kier molecular flexibility index (Phi) is 7.09. The van der Waals surface area contributed by atoms with Gasteiger partial charge in [-0.2, -0.15) is 0 Å². The highest BCUT2D eigenvalue weighted by Crippen LogP contribution is 2.29. The molecule has 2 aromatic rings. The van der Waals surface area contributed by atoms with E-state index in [2.05, 4.69) is 10.2 Å². The second-order valence-corrected chi connectivity index (χ2v) is 13.0. The number of hydrogen-bond donors (Lipinski definition) is 1. The predicted octanol–water partition coefficient (Wildman–Crippen LogP) is 2.20. The summed E-state index contributed by atoms with van der Waals surface area (Å²) in [5.74, 6) is -0.482. The third-order valence-corrected chi connectivity index (χ3v) is 10.7. The van der Waals surface area contributed by atoms with E-state index in [1.165, 1.54) is 12.1 Å². The van der Waals surface area contributed by atoms with Gasteiger partial charge in [0.15, 0.2) is 19.7 Å². The maximum absolute atomic E-state index is 13.3. The minimum Gasteiger partial charge on any atom is -0.497 e. The Bertz CT molecular complexity index is 1160. The molecule has 0 aromatic heterocycles. The number of hydrogen-bond acceptors (Lipinski definition) is 7. The fourth-order valence-electron chi connectivity index (χ4n) is 4.71. The van der Waals surface area contributed by atoms with Crippen LogP contribution in [0.5, 0.6) is 5.75 Å². The maximum atomic E-state index is 13.3. The SMILES string of the molecule is COc1ccc(C(CN[C@H]2CS(=O)(=O)C[C@@H]2S(=O)(=O)c2ccc(F)cc2)N2CCCC2)cc1. The number of rotatable bonds is 8. The number of halogens is 1. The summed E-state index contributed by atoms with van der Waals surface area (Å²) in [5, 5.41) is 2.15. The Morgan fingerprint density at radius 1 is 1.06 bits per heavy atom. The van der Waals surface area contributed by atoms with Crippen molar-refractivity contribution in [3.05, 3.63) is 59.9 Å². The van der Waals surface area contributed by atoms with Crippen LogP contribution in [0.2, 0.25) is 0 Å². The smallest absolute Gasteiger partial charge is 0.183 e. The van der Waals surface area contributed by atoms with Crippen LogP contribution < -0.4 is 10.1 Å². The molecule has 33 heavy (non-hydrogen) atoms. The van der Waals surface area contributed by atoms with Gasteiger partial charge in [-0.25, -0.2) is 21.2 Å². The highest BCUT2D eigenvalue weighted by atomic mass is 32.2. The number of ether oxygens (including phenoxy) is 1. The van der Waals surface area contributed by atoms with Crippen molar-refractivity contribution in [3.63, 3.8) is 0 Å². The molecule has 2 saturated heterocycles. The summed E-state index contributed by atoms with van der Waals surface area (Å²) in [6, 6.07) is 11.5. The van der Waals surface area contributed by atoms with Crippen LogP contribution in [0.4, 0.5) is 4.39 Å². The highest BCUT2D eigenvalue weighted by molar-refractivity contribution is 7.96. The Labute approximate surface area is 194 Å². The number of nitrogens with one attached hydrogen (secondary N) is 1. The quantitative estimate of drug-likeness (QED) is 0.560. The summed E-state index contributed by atoms with van der Waals surface area (Å²) in [6.07, 6.45) is 2.18. The van der Waals surface area contributed by atoms with Crippen LogP contribution in [-0.2, 0) is 19.7 Å². The average molecular weight is 497 g/mol.